The second-order valence-corrected chi connectivity index (χ2v) is 6.53. The summed E-state index contributed by atoms with van der Waals surface area (Å²) < 4.78 is 5.86. The molecule has 21 heavy (non-hydrogen) atoms. The molecule has 1 heterocycles. The lowest BCUT2D eigenvalue weighted by atomic mass is 9.78. The van der Waals surface area contributed by atoms with Crippen molar-refractivity contribution >= 4 is 0 Å². The van der Waals surface area contributed by atoms with Crippen LogP contribution < -0.4 is 10.1 Å². The summed E-state index contributed by atoms with van der Waals surface area (Å²) in [6.07, 6.45) is 3.95. The lowest BCUT2D eigenvalue weighted by molar-refractivity contribution is 0.101. The van der Waals surface area contributed by atoms with Crippen LogP contribution in [0.25, 0.3) is 0 Å². The zero-order chi connectivity index (χ0) is 15.1. The highest BCUT2D eigenvalue weighted by molar-refractivity contribution is 5.27. The molecule has 1 aliphatic rings. The quantitative estimate of drug-likeness (QED) is 0.834. The van der Waals surface area contributed by atoms with Gasteiger partial charge in [0.1, 0.15) is 12.4 Å². The minimum Gasteiger partial charge on any atom is -0.492 e. The SMILES string of the molecule is CCC1(C)CCN(CCOc2ccc(CNC)cc2)CC1. The lowest BCUT2D eigenvalue weighted by Gasteiger charge is -2.38. The van der Waals surface area contributed by atoms with Crippen LogP contribution in [-0.2, 0) is 6.54 Å². The molecule has 1 aliphatic heterocycles. The molecule has 0 saturated carbocycles. The monoisotopic (exact) mass is 290 g/mol. The van der Waals surface area contributed by atoms with Crippen LogP contribution in [-0.4, -0.2) is 38.2 Å². The average Bonchev–Trinajstić information content (AvgIpc) is 2.51. The maximum atomic E-state index is 5.86. The Labute approximate surface area is 129 Å². The van der Waals surface area contributed by atoms with E-state index in [1.165, 1.54) is 37.9 Å². The number of nitrogens with one attached hydrogen (secondary N) is 1. The fraction of sp³-hybridized carbons (Fsp3) is 0.667. The fourth-order valence-corrected chi connectivity index (χ4v) is 2.87. The normalized spacial score (nSPS) is 18.6. The Morgan fingerprint density at radius 1 is 1.19 bits per heavy atom. The number of likely N-dealkylation sites (tertiary alicyclic amines) is 1. The van der Waals surface area contributed by atoms with Gasteiger partial charge in [0.2, 0.25) is 0 Å². The molecule has 3 heteroatoms. The highest BCUT2D eigenvalue weighted by Crippen LogP contribution is 2.33. The number of piperidine rings is 1. The Morgan fingerprint density at radius 3 is 2.43 bits per heavy atom. The largest absolute Gasteiger partial charge is 0.492 e. The molecule has 0 radical (unpaired) electrons. The number of hydrogen-bond donors (Lipinski definition) is 1. The highest BCUT2D eigenvalue weighted by atomic mass is 16.5. The van der Waals surface area contributed by atoms with Gasteiger partial charge in [0.15, 0.2) is 0 Å². The van der Waals surface area contributed by atoms with Crippen LogP contribution >= 0.6 is 0 Å². The predicted octanol–water partition coefficient (Wildman–Crippen LogP) is 3.30. The maximum Gasteiger partial charge on any atom is 0.119 e. The molecular weight excluding hydrogens is 260 g/mol. The van der Waals surface area contributed by atoms with Gasteiger partial charge >= 0.3 is 0 Å². The molecule has 0 spiro atoms. The summed E-state index contributed by atoms with van der Waals surface area (Å²) in [4.78, 5) is 2.53. The van der Waals surface area contributed by atoms with E-state index in [0.717, 1.165) is 25.4 Å². The van der Waals surface area contributed by atoms with E-state index in [4.69, 9.17) is 4.74 Å². The third-order valence-corrected chi connectivity index (χ3v) is 4.90. The molecule has 1 aromatic rings. The summed E-state index contributed by atoms with van der Waals surface area (Å²) in [6.45, 7) is 9.91. The molecule has 0 unspecified atom stereocenters. The molecule has 1 fully saturated rings. The maximum absolute atomic E-state index is 5.86. The van der Waals surface area contributed by atoms with Crippen molar-refractivity contribution in [1.29, 1.82) is 0 Å². The Hall–Kier alpha value is -1.06. The smallest absolute Gasteiger partial charge is 0.119 e. The van der Waals surface area contributed by atoms with E-state index in [1.54, 1.807) is 0 Å². The van der Waals surface area contributed by atoms with Crippen LogP contribution in [0.2, 0.25) is 0 Å². The Balaban J connectivity index is 1.68. The van der Waals surface area contributed by atoms with Crippen molar-refractivity contribution in [3.63, 3.8) is 0 Å². The fourth-order valence-electron chi connectivity index (χ4n) is 2.87. The molecule has 1 aromatic carbocycles. The van der Waals surface area contributed by atoms with E-state index in [1.807, 2.05) is 7.05 Å². The molecule has 2 rings (SSSR count). The standard InChI is InChI=1S/C18H30N2O/c1-4-18(2)9-11-20(12-10-18)13-14-21-17-7-5-16(6-8-17)15-19-3/h5-8,19H,4,9-15H2,1-3H3. The van der Waals surface area contributed by atoms with Crippen molar-refractivity contribution in [1.82, 2.24) is 10.2 Å². The first-order valence-electron chi connectivity index (χ1n) is 8.24. The van der Waals surface area contributed by atoms with Gasteiger partial charge in [-0.1, -0.05) is 32.4 Å². The molecule has 3 nitrogen and oxygen atoms in total. The van der Waals surface area contributed by atoms with Crippen LogP contribution in [0, 0.1) is 5.41 Å². The molecule has 0 amide bonds. The second-order valence-electron chi connectivity index (χ2n) is 6.53. The van der Waals surface area contributed by atoms with Crippen molar-refractivity contribution in [3.8, 4) is 5.75 Å². The summed E-state index contributed by atoms with van der Waals surface area (Å²) in [7, 11) is 1.96. The van der Waals surface area contributed by atoms with Gasteiger partial charge in [0.25, 0.3) is 0 Å². The first kappa shape index (κ1) is 16.3. The third-order valence-electron chi connectivity index (χ3n) is 4.90. The first-order chi connectivity index (χ1) is 10.1. The van der Waals surface area contributed by atoms with E-state index < -0.39 is 0 Å². The van der Waals surface area contributed by atoms with Crippen LogP contribution in [0.15, 0.2) is 24.3 Å². The average molecular weight is 290 g/mol. The van der Waals surface area contributed by atoms with Gasteiger partial charge in [0, 0.05) is 13.1 Å². The molecule has 1 saturated heterocycles. The van der Waals surface area contributed by atoms with Crippen LogP contribution in [0.1, 0.15) is 38.7 Å². The zero-order valence-corrected chi connectivity index (χ0v) is 13.8. The number of ether oxygens (including phenoxy) is 1. The van der Waals surface area contributed by atoms with E-state index >= 15 is 0 Å². The molecular formula is C18H30N2O. The summed E-state index contributed by atoms with van der Waals surface area (Å²) >= 11 is 0. The predicted molar refractivity (Wildman–Crippen MR) is 88.8 cm³/mol. The van der Waals surface area contributed by atoms with E-state index in [-0.39, 0.29) is 0 Å². The van der Waals surface area contributed by atoms with Crippen molar-refractivity contribution in [2.45, 2.75) is 39.7 Å². The van der Waals surface area contributed by atoms with E-state index in [2.05, 4.69) is 48.3 Å². The van der Waals surface area contributed by atoms with Gasteiger partial charge in [-0.3, -0.25) is 4.90 Å². The van der Waals surface area contributed by atoms with Gasteiger partial charge in [-0.15, -0.1) is 0 Å². The van der Waals surface area contributed by atoms with Crippen LogP contribution in [0.5, 0.6) is 5.75 Å². The Bertz CT molecular complexity index is 408. The molecule has 0 aliphatic carbocycles. The second kappa shape index (κ2) is 7.81. The number of benzene rings is 1. The molecule has 0 bridgehead atoms. The Kier molecular flexibility index (Phi) is 6.07. The minimum absolute atomic E-state index is 0.570. The van der Waals surface area contributed by atoms with Crippen molar-refractivity contribution in [2.24, 2.45) is 5.41 Å². The minimum atomic E-state index is 0.570. The molecule has 1 N–H and O–H groups in total. The lowest BCUT2D eigenvalue weighted by Crippen LogP contribution is -2.40. The first-order valence-corrected chi connectivity index (χ1v) is 8.24. The number of hydrogen-bond acceptors (Lipinski definition) is 3. The van der Waals surface area contributed by atoms with Crippen molar-refractivity contribution < 1.29 is 4.74 Å². The summed E-state index contributed by atoms with van der Waals surface area (Å²) in [6, 6.07) is 8.38. The topological polar surface area (TPSA) is 24.5 Å². The summed E-state index contributed by atoms with van der Waals surface area (Å²) in [5.74, 6) is 0.977. The van der Waals surface area contributed by atoms with E-state index in [9.17, 15) is 0 Å². The van der Waals surface area contributed by atoms with Gasteiger partial charge in [0.05, 0.1) is 0 Å². The third kappa shape index (κ3) is 5.01. The van der Waals surface area contributed by atoms with E-state index in [0.29, 0.717) is 5.41 Å². The van der Waals surface area contributed by atoms with Crippen LogP contribution in [0.4, 0.5) is 0 Å². The molecule has 0 aromatic heterocycles. The number of rotatable bonds is 7. The molecule has 0 atom stereocenters. The summed E-state index contributed by atoms with van der Waals surface area (Å²) in [5.41, 5.74) is 1.86. The number of nitrogens with zero attached hydrogens (tertiary/aromatic N) is 1. The summed E-state index contributed by atoms with van der Waals surface area (Å²) in [5, 5.41) is 3.15. The van der Waals surface area contributed by atoms with Crippen LogP contribution in [0.3, 0.4) is 0 Å². The van der Waals surface area contributed by atoms with Gasteiger partial charge < -0.3 is 10.1 Å². The Morgan fingerprint density at radius 2 is 1.86 bits per heavy atom. The highest BCUT2D eigenvalue weighted by Gasteiger charge is 2.27. The van der Waals surface area contributed by atoms with Gasteiger partial charge in [-0.05, 0) is 56.1 Å². The van der Waals surface area contributed by atoms with Crippen molar-refractivity contribution in [2.75, 3.05) is 33.3 Å². The van der Waals surface area contributed by atoms with Gasteiger partial charge in [-0.25, -0.2) is 0 Å². The van der Waals surface area contributed by atoms with Crippen molar-refractivity contribution in [3.05, 3.63) is 29.8 Å². The zero-order valence-electron chi connectivity index (χ0n) is 13.8. The van der Waals surface area contributed by atoms with Gasteiger partial charge in [-0.2, -0.15) is 0 Å². The molecule has 118 valence electrons.